The molecule has 3 aromatic rings. The van der Waals surface area contributed by atoms with E-state index in [0.29, 0.717) is 41.5 Å². The molecular formula is C27H24N2O5. The molecule has 0 saturated carbocycles. The number of carbonyl (C=O) groups is 2. The Kier molecular flexibility index (Phi) is 5.45. The van der Waals surface area contributed by atoms with Gasteiger partial charge in [-0.3, -0.25) is 14.5 Å². The number of fused-ring (bicyclic) bond motifs is 1. The van der Waals surface area contributed by atoms with Crippen LogP contribution in [0, 0.1) is 0 Å². The fourth-order valence-corrected chi connectivity index (χ4v) is 4.51. The monoisotopic (exact) mass is 456 g/mol. The lowest BCUT2D eigenvalue weighted by Crippen LogP contribution is -2.29. The summed E-state index contributed by atoms with van der Waals surface area (Å²) in [5, 5.41) is 11.4. The van der Waals surface area contributed by atoms with Gasteiger partial charge in [0.15, 0.2) is 0 Å². The Bertz CT molecular complexity index is 1300. The third-order valence-electron chi connectivity index (χ3n) is 6.23. The second-order valence-corrected chi connectivity index (χ2v) is 8.20. The van der Waals surface area contributed by atoms with Gasteiger partial charge in [0.05, 0.1) is 36.6 Å². The molecule has 34 heavy (non-hydrogen) atoms. The number of amides is 1. The lowest BCUT2D eigenvalue weighted by molar-refractivity contribution is -0.132. The molecule has 2 aliphatic rings. The molecule has 2 aliphatic heterocycles. The summed E-state index contributed by atoms with van der Waals surface area (Å²) in [7, 11) is 3.45. The van der Waals surface area contributed by atoms with E-state index < -0.39 is 17.7 Å². The molecule has 1 N–H and O–H groups in total. The highest BCUT2D eigenvalue weighted by Gasteiger charge is 2.47. The standard InChI is InChI=1S/C27H24N2O5/c1-28-14-15-34-22-13-12-18(16-20(22)28)25(30)23-24(17-8-4-3-5-9-17)29(27(32)26(23)31)19-10-6-7-11-21(19)33-2/h3-13,16,24,30H,14-15H2,1-2H3/b25-23-. The van der Waals surface area contributed by atoms with Crippen molar-refractivity contribution in [2.75, 3.05) is 37.1 Å². The number of ketones is 1. The predicted octanol–water partition coefficient (Wildman–Crippen LogP) is 4.15. The van der Waals surface area contributed by atoms with E-state index in [1.54, 1.807) is 42.5 Å². The number of methoxy groups -OCH3 is 1. The molecule has 2 heterocycles. The highest BCUT2D eigenvalue weighted by molar-refractivity contribution is 6.52. The number of aliphatic hydroxyl groups is 1. The SMILES string of the molecule is COc1ccccc1N1C(=O)C(=O)/C(=C(\O)c2ccc3c(c2)N(C)CCO3)C1c1ccccc1. The second kappa shape index (κ2) is 8.59. The molecule has 0 radical (unpaired) electrons. The number of benzene rings is 3. The highest BCUT2D eigenvalue weighted by Crippen LogP contribution is 2.45. The summed E-state index contributed by atoms with van der Waals surface area (Å²) in [6.07, 6.45) is 0. The summed E-state index contributed by atoms with van der Waals surface area (Å²) < 4.78 is 11.2. The number of likely N-dealkylation sites (N-methyl/N-ethyl adjacent to an activating group) is 1. The molecule has 7 nitrogen and oxygen atoms in total. The molecule has 1 saturated heterocycles. The molecule has 1 unspecified atom stereocenters. The third kappa shape index (κ3) is 3.46. The first kappa shape index (κ1) is 21.6. The number of hydrogen-bond acceptors (Lipinski definition) is 6. The van der Waals surface area contributed by atoms with E-state index in [1.165, 1.54) is 12.0 Å². The van der Waals surface area contributed by atoms with E-state index in [2.05, 4.69) is 0 Å². The van der Waals surface area contributed by atoms with Crippen molar-refractivity contribution in [3.05, 3.63) is 89.5 Å². The summed E-state index contributed by atoms with van der Waals surface area (Å²) in [5.74, 6) is -0.540. The predicted molar refractivity (Wildman–Crippen MR) is 129 cm³/mol. The van der Waals surface area contributed by atoms with E-state index in [-0.39, 0.29) is 11.3 Å². The molecule has 1 fully saturated rings. The van der Waals surface area contributed by atoms with Gasteiger partial charge in [0.1, 0.15) is 23.9 Å². The smallest absolute Gasteiger partial charge is 0.300 e. The molecule has 172 valence electrons. The van der Waals surface area contributed by atoms with E-state index in [1.807, 2.05) is 42.3 Å². The topological polar surface area (TPSA) is 79.3 Å². The fourth-order valence-electron chi connectivity index (χ4n) is 4.51. The quantitative estimate of drug-likeness (QED) is 0.361. The number of hydrogen-bond donors (Lipinski definition) is 1. The molecular weight excluding hydrogens is 432 g/mol. The maximum Gasteiger partial charge on any atom is 0.300 e. The summed E-state index contributed by atoms with van der Waals surface area (Å²) >= 11 is 0. The molecule has 7 heteroatoms. The second-order valence-electron chi connectivity index (χ2n) is 8.20. The van der Waals surface area contributed by atoms with Gasteiger partial charge in [-0.15, -0.1) is 0 Å². The Hall–Kier alpha value is -4.26. The van der Waals surface area contributed by atoms with Crippen molar-refractivity contribution < 1.29 is 24.2 Å². The van der Waals surface area contributed by atoms with Gasteiger partial charge < -0.3 is 19.5 Å². The first-order valence-electron chi connectivity index (χ1n) is 11.0. The van der Waals surface area contributed by atoms with Crippen molar-refractivity contribution in [1.82, 2.24) is 0 Å². The molecule has 0 aliphatic carbocycles. The molecule has 0 aromatic heterocycles. The zero-order valence-corrected chi connectivity index (χ0v) is 18.9. The maximum absolute atomic E-state index is 13.4. The first-order valence-corrected chi connectivity index (χ1v) is 11.0. The number of Topliss-reactive ketones (excluding diaryl/α,β-unsaturated/α-hetero) is 1. The highest BCUT2D eigenvalue weighted by atomic mass is 16.5. The van der Waals surface area contributed by atoms with E-state index in [4.69, 9.17) is 9.47 Å². The zero-order chi connectivity index (χ0) is 23.8. The van der Waals surface area contributed by atoms with Crippen LogP contribution in [0.25, 0.3) is 5.76 Å². The number of carbonyl (C=O) groups excluding carboxylic acids is 2. The van der Waals surface area contributed by atoms with Crippen molar-refractivity contribution in [3.8, 4) is 11.5 Å². The molecule has 1 atom stereocenters. The zero-order valence-electron chi connectivity index (χ0n) is 18.9. The van der Waals surface area contributed by atoms with Gasteiger partial charge in [-0.05, 0) is 35.9 Å². The van der Waals surface area contributed by atoms with Crippen molar-refractivity contribution in [2.24, 2.45) is 0 Å². The van der Waals surface area contributed by atoms with Crippen LogP contribution < -0.4 is 19.3 Å². The maximum atomic E-state index is 13.4. The van der Waals surface area contributed by atoms with Crippen LogP contribution in [0.2, 0.25) is 0 Å². The first-order chi connectivity index (χ1) is 16.5. The van der Waals surface area contributed by atoms with Crippen molar-refractivity contribution >= 4 is 28.8 Å². The van der Waals surface area contributed by atoms with Crippen molar-refractivity contribution in [1.29, 1.82) is 0 Å². The van der Waals surface area contributed by atoms with Gasteiger partial charge in [-0.1, -0.05) is 42.5 Å². The number of rotatable bonds is 4. The largest absolute Gasteiger partial charge is 0.507 e. The van der Waals surface area contributed by atoms with Crippen LogP contribution in [0.1, 0.15) is 17.2 Å². The minimum Gasteiger partial charge on any atom is -0.507 e. The molecule has 0 bridgehead atoms. The summed E-state index contributed by atoms with van der Waals surface area (Å²) in [4.78, 5) is 30.1. The van der Waals surface area contributed by atoms with Crippen molar-refractivity contribution in [3.63, 3.8) is 0 Å². The normalized spacial score (nSPS) is 19.1. The Morgan fingerprint density at radius 1 is 1.00 bits per heavy atom. The average molecular weight is 456 g/mol. The lowest BCUT2D eigenvalue weighted by Gasteiger charge is -2.28. The Morgan fingerprint density at radius 3 is 2.50 bits per heavy atom. The Balaban J connectivity index is 1.71. The average Bonchev–Trinajstić information content (AvgIpc) is 3.14. The number of ether oxygens (including phenoxy) is 2. The summed E-state index contributed by atoms with van der Waals surface area (Å²) in [6, 6.07) is 20.7. The van der Waals surface area contributed by atoms with Crippen LogP contribution in [0.15, 0.2) is 78.4 Å². The summed E-state index contributed by atoms with van der Waals surface area (Å²) in [5.41, 5.74) is 2.44. The number of aliphatic hydroxyl groups excluding tert-OH is 1. The van der Waals surface area contributed by atoms with Gasteiger partial charge in [0.2, 0.25) is 0 Å². The van der Waals surface area contributed by atoms with Gasteiger partial charge >= 0.3 is 0 Å². The van der Waals surface area contributed by atoms with E-state index in [9.17, 15) is 14.7 Å². The lowest BCUT2D eigenvalue weighted by atomic mass is 9.95. The number of nitrogens with zero attached hydrogens (tertiary/aromatic N) is 2. The molecule has 5 rings (SSSR count). The Morgan fingerprint density at radius 2 is 1.74 bits per heavy atom. The molecule has 3 aromatic carbocycles. The van der Waals surface area contributed by atoms with Crippen LogP contribution >= 0.6 is 0 Å². The third-order valence-corrected chi connectivity index (χ3v) is 6.23. The fraction of sp³-hybridized carbons (Fsp3) is 0.185. The van der Waals surface area contributed by atoms with E-state index >= 15 is 0 Å². The van der Waals surface area contributed by atoms with Crippen LogP contribution in [0.3, 0.4) is 0 Å². The van der Waals surface area contributed by atoms with Gasteiger partial charge in [-0.25, -0.2) is 0 Å². The van der Waals surface area contributed by atoms with E-state index in [0.717, 1.165) is 5.69 Å². The minimum absolute atomic E-state index is 0.0291. The van der Waals surface area contributed by atoms with Gasteiger partial charge in [-0.2, -0.15) is 0 Å². The summed E-state index contributed by atoms with van der Waals surface area (Å²) in [6.45, 7) is 1.28. The van der Waals surface area contributed by atoms with Crippen LogP contribution in [-0.2, 0) is 9.59 Å². The van der Waals surface area contributed by atoms with Crippen LogP contribution in [-0.4, -0.2) is 44.1 Å². The minimum atomic E-state index is -0.817. The number of para-hydroxylation sites is 2. The van der Waals surface area contributed by atoms with Gasteiger partial charge in [0.25, 0.3) is 11.7 Å². The van der Waals surface area contributed by atoms with Crippen molar-refractivity contribution in [2.45, 2.75) is 6.04 Å². The van der Waals surface area contributed by atoms with Gasteiger partial charge in [0, 0.05) is 12.6 Å². The molecule has 0 spiro atoms. The van der Waals surface area contributed by atoms with Crippen LogP contribution in [0.5, 0.6) is 11.5 Å². The number of anilines is 2. The Labute approximate surface area is 197 Å². The molecule has 1 amide bonds. The van der Waals surface area contributed by atoms with Crippen LogP contribution in [0.4, 0.5) is 11.4 Å².